The van der Waals surface area contributed by atoms with E-state index in [0.717, 1.165) is 39.0 Å². The lowest BCUT2D eigenvalue weighted by Gasteiger charge is -2.18. The molecule has 2 N–H and O–H groups in total. The van der Waals surface area contributed by atoms with Crippen molar-refractivity contribution in [3.63, 3.8) is 0 Å². The Morgan fingerprint density at radius 1 is 0.909 bits per heavy atom. The van der Waals surface area contributed by atoms with E-state index in [9.17, 15) is 22.6 Å². The summed E-state index contributed by atoms with van der Waals surface area (Å²) in [6.07, 6.45) is 4.31. The number of nitrogens with one attached hydrogen (secondary N) is 2. The Bertz CT molecular complexity index is 1860. The molecule has 1 aromatic heterocycles. The molecule has 9 heteroatoms. The van der Waals surface area contributed by atoms with Gasteiger partial charge in [0, 0.05) is 28.7 Å². The number of amides is 2. The number of benzene rings is 4. The molecule has 5 aromatic rings. The lowest BCUT2D eigenvalue weighted by atomic mass is 9.90. The molecule has 5 rings (SSSR count). The van der Waals surface area contributed by atoms with Crippen LogP contribution in [0.3, 0.4) is 0 Å². The zero-order valence-electron chi connectivity index (χ0n) is 24.0. The molecule has 1 atom stereocenters. The first kappa shape index (κ1) is 30.5. The molecule has 224 valence electrons. The lowest BCUT2D eigenvalue weighted by Crippen LogP contribution is -2.29. The van der Waals surface area contributed by atoms with Crippen molar-refractivity contribution in [3.05, 3.63) is 131 Å². The minimum absolute atomic E-state index is 0.180. The molecule has 4 aromatic carbocycles. The monoisotopic (exact) mass is 607 g/mol. The van der Waals surface area contributed by atoms with E-state index in [1.54, 1.807) is 24.3 Å². The second-order valence-electron chi connectivity index (χ2n) is 10.4. The molecule has 0 fully saturated rings. The molecule has 0 radical (unpaired) electrons. The summed E-state index contributed by atoms with van der Waals surface area (Å²) >= 11 is 0. The van der Waals surface area contributed by atoms with Gasteiger partial charge in [0.15, 0.2) is 0 Å². The smallest absolute Gasteiger partial charge is 0.251 e. The summed E-state index contributed by atoms with van der Waals surface area (Å²) in [5.41, 5.74) is 5.38. The van der Waals surface area contributed by atoms with E-state index in [1.807, 2.05) is 97.9 Å². The van der Waals surface area contributed by atoms with Gasteiger partial charge < -0.3 is 19.6 Å². The Morgan fingerprint density at radius 3 is 2.27 bits per heavy atom. The first-order valence-electron chi connectivity index (χ1n) is 14.1. The van der Waals surface area contributed by atoms with Gasteiger partial charge in [-0.3, -0.25) is 9.59 Å². The maximum Gasteiger partial charge on any atom is 0.251 e. The van der Waals surface area contributed by atoms with Crippen LogP contribution < -0.4 is 10.6 Å². The fourth-order valence-corrected chi connectivity index (χ4v) is 5.24. The second-order valence-corrected chi connectivity index (χ2v) is 11.9. The fourth-order valence-electron chi connectivity index (χ4n) is 4.88. The molecule has 0 aliphatic carbocycles. The van der Waals surface area contributed by atoms with Crippen molar-refractivity contribution in [1.82, 2.24) is 5.32 Å². The lowest BCUT2D eigenvalue weighted by molar-refractivity contribution is -0.117. The van der Waals surface area contributed by atoms with E-state index in [1.165, 1.54) is 0 Å². The number of carbonyl (C=O) groups excluding carboxylic acids is 2. The van der Waals surface area contributed by atoms with Gasteiger partial charge in [-0.2, -0.15) is 0 Å². The Kier molecular flexibility index (Phi) is 9.38. The normalized spacial score (nSPS) is 12.3. The minimum atomic E-state index is -4.42. The molecule has 0 bridgehead atoms. The summed E-state index contributed by atoms with van der Waals surface area (Å²) in [5, 5.41) is 6.50. The van der Waals surface area contributed by atoms with Gasteiger partial charge in [-0.25, -0.2) is 8.42 Å². The van der Waals surface area contributed by atoms with Crippen LogP contribution in [0.5, 0.6) is 0 Å². The van der Waals surface area contributed by atoms with Crippen molar-refractivity contribution in [2.75, 3.05) is 17.6 Å². The van der Waals surface area contributed by atoms with Crippen LogP contribution >= 0.6 is 0 Å². The van der Waals surface area contributed by atoms with Crippen LogP contribution in [0.15, 0.2) is 114 Å². The van der Waals surface area contributed by atoms with Gasteiger partial charge in [-0.05, 0) is 78.6 Å². The predicted octanol–water partition coefficient (Wildman–Crippen LogP) is 6.37. The zero-order valence-corrected chi connectivity index (χ0v) is 24.8. The molecule has 0 aliphatic rings. The van der Waals surface area contributed by atoms with Gasteiger partial charge in [0.2, 0.25) is 5.91 Å². The Balaban J connectivity index is 1.31. The van der Waals surface area contributed by atoms with Crippen LogP contribution in [0.2, 0.25) is 0 Å². The quantitative estimate of drug-likeness (QED) is 0.168. The topological polar surface area (TPSA) is 129 Å². The molecular formula is C35H31N2O6S-. The third kappa shape index (κ3) is 7.89. The molecule has 1 heterocycles. The molecule has 0 aliphatic heterocycles. The largest absolute Gasteiger partial charge is 0.748 e. The Morgan fingerprint density at radius 2 is 1.61 bits per heavy atom. The minimum Gasteiger partial charge on any atom is -0.748 e. The number of allylic oxidation sites excluding steroid dienone is 1. The maximum absolute atomic E-state index is 13.7. The highest BCUT2D eigenvalue weighted by molar-refractivity contribution is 7.85. The Labute approximate surface area is 256 Å². The van der Waals surface area contributed by atoms with Crippen molar-refractivity contribution in [3.8, 4) is 11.3 Å². The van der Waals surface area contributed by atoms with Gasteiger partial charge in [-0.15, -0.1) is 0 Å². The number of carbonyl (C=O) groups is 2. The molecule has 44 heavy (non-hydrogen) atoms. The molecule has 0 saturated carbocycles. The van der Waals surface area contributed by atoms with Crippen molar-refractivity contribution in [2.45, 2.75) is 19.3 Å². The number of anilines is 1. The molecular weight excluding hydrogens is 576 g/mol. The number of furan rings is 1. The van der Waals surface area contributed by atoms with E-state index < -0.39 is 27.7 Å². The van der Waals surface area contributed by atoms with E-state index in [4.69, 9.17) is 4.42 Å². The fraction of sp³-hybridized carbons (Fsp3) is 0.143. The summed E-state index contributed by atoms with van der Waals surface area (Å²) in [6.45, 7) is 1.68. The van der Waals surface area contributed by atoms with Gasteiger partial charge in [0.25, 0.3) is 5.91 Å². The van der Waals surface area contributed by atoms with Gasteiger partial charge >= 0.3 is 0 Å². The standard InChI is InChI=1S/C35H32N2O6S/c1-2-5-24-8-12-26(13-9-24)31(22-25-10-14-28(15-11-25)34(38)36-20-21-44(40,41)42)35(39)37-30-18-16-27(17-19-30)33-23-29-6-3-4-7-32(29)43-33/h2-19,23,31H,20-22H2,1H3,(H,36,38)(H,37,39)(H,40,41,42)/p-1/b5-2+. The highest BCUT2D eigenvalue weighted by atomic mass is 32.2. The van der Waals surface area contributed by atoms with Crippen molar-refractivity contribution >= 4 is 44.7 Å². The SMILES string of the molecule is C/C=C/c1ccc(C(Cc2ccc(C(=O)NCCS(=O)(=O)[O-])cc2)C(=O)Nc2ccc(-c3cc4ccccc4o3)cc2)cc1. The van der Waals surface area contributed by atoms with E-state index in [2.05, 4.69) is 10.6 Å². The van der Waals surface area contributed by atoms with Crippen LogP contribution in [0.4, 0.5) is 5.69 Å². The average Bonchev–Trinajstić information content (AvgIpc) is 3.45. The molecule has 2 amide bonds. The number of rotatable bonds is 11. The number of hydrogen-bond donors (Lipinski definition) is 2. The van der Waals surface area contributed by atoms with Gasteiger partial charge in [0.05, 0.1) is 21.8 Å². The summed E-state index contributed by atoms with van der Waals surface area (Å²) in [6, 6.07) is 31.9. The molecule has 8 nitrogen and oxygen atoms in total. The van der Waals surface area contributed by atoms with Gasteiger partial charge in [-0.1, -0.05) is 66.7 Å². The third-order valence-corrected chi connectivity index (χ3v) is 7.87. The van der Waals surface area contributed by atoms with E-state index in [0.29, 0.717) is 17.7 Å². The predicted molar refractivity (Wildman–Crippen MR) is 171 cm³/mol. The summed E-state index contributed by atoms with van der Waals surface area (Å²) in [4.78, 5) is 26.1. The highest BCUT2D eigenvalue weighted by Crippen LogP contribution is 2.29. The van der Waals surface area contributed by atoms with Crippen LogP contribution in [-0.4, -0.2) is 37.1 Å². The van der Waals surface area contributed by atoms with Gasteiger partial charge in [0.1, 0.15) is 11.3 Å². The van der Waals surface area contributed by atoms with E-state index >= 15 is 0 Å². The average molecular weight is 608 g/mol. The number of para-hydroxylation sites is 1. The molecule has 0 spiro atoms. The summed E-state index contributed by atoms with van der Waals surface area (Å²) in [5.74, 6) is -1.12. The number of fused-ring (bicyclic) bond motifs is 1. The molecule has 1 unspecified atom stereocenters. The summed E-state index contributed by atoms with van der Waals surface area (Å²) < 4.78 is 38.3. The first-order chi connectivity index (χ1) is 21.2. The van der Waals surface area contributed by atoms with Crippen LogP contribution in [0.25, 0.3) is 28.4 Å². The first-order valence-corrected chi connectivity index (χ1v) is 15.7. The number of hydrogen-bond acceptors (Lipinski definition) is 6. The van der Waals surface area contributed by atoms with Crippen LogP contribution in [0.1, 0.15) is 39.9 Å². The van der Waals surface area contributed by atoms with Crippen LogP contribution in [-0.2, 0) is 21.3 Å². The third-order valence-electron chi connectivity index (χ3n) is 7.17. The maximum atomic E-state index is 13.7. The van der Waals surface area contributed by atoms with Crippen molar-refractivity contribution < 1.29 is 27.0 Å². The van der Waals surface area contributed by atoms with Crippen molar-refractivity contribution in [2.24, 2.45) is 0 Å². The summed E-state index contributed by atoms with van der Waals surface area (Å²) in [7, 11) is -4.42. The van der Waals surface area contributed by atoms with E-state index in [-0.39, 0.29) is 12.5 Å². The van der Waals surface area contributed by atoms with Crippen LogP contribution in [0, 0.1) is 0 Å². The zero-order chi connectivity index (χ0) is 31.1. The highest BCUT2D eigenvalue weighted by Gasteiger charge is 2.22. The van der Waals surface area contributed by atoms with Crippen molar-refractivity contribution in [1.29, 1.82) is 0 Å². The Hall–Kier alpha value is -4.99. The second kappa shape index (κ2) is 13.5. The molecule has 0 saturated heterocycles.